The van der Waals surface area contributed by atoms with E-state index < -0.39 is 9.84 Å². The molecule has 0 aromatic heterocycles. The Morgan fingerprint density at radius 2 is 1.89 bits per heavy atom. The van der Waals surface area contributed by atoms with Crippen LogP contribution in [0.25, 0.3) is 0 Å². The smallest absolute Gasteiger partial charge is 0.307 e. The van der Waals surface area contributed by atoms with Gasteiger partial charge >= 0.3 is 5.97 Å². The zero-order valence-electron chi connectivity index (χ0n) is 10.5. The molecule has 1 rings (SSSR count). The van der Waals surface area contributed by atoms with Crippen LogP contribution in [0.4, 0.5) is 5.69 Å². The topological polar surface area (TPSA) is 72.5 Å². The Labute approximate surface area is 107 Å². The molecule has 0 aliphatic carbocycles. The fourth-order valence-electron chi connectivity index (χ4n) is 1.36. The van der Waals surface area contributed by atoms with Crippen molar-refractivity contribution in [3.8, 4) is 0 Å². The van der Waals surface area contributed by atoms with Crippen LogP contribution in [-0.2, 0) is 19.4 Å². The van der Waals surface area contributed by atoms with Crippen LogP contribution in [0.1, 0.15) is 13.3 Å². The minimum atomic E-state index is -3.16. The molecule has 0 spiro atoms. The Morgan fingerprint density at radius 1 is 1.28 bits per heavy atom. The monoisotopic (exact) mass is 271 g/mol. The van der Waals surface area contributed by atoms with E-state index in [1.807, 2.05) is 0 Å². The molecule has 1 aromatic rings. The summed E-state index contributed by atoms with van der Waals surface area (Å²) >= 11 is 0. The number of carbonyl (C=O) groups excluding carboxylic acids is 1. The highest BCUT2D eigenvalue weighted by Gasteiger charge is 2.06. The van der Waals surface area contributed by atoms with Crippen molar-refractivity contribution in [1.82, 2.24) is 0 Å². The molecule has 100 valence electrons. The molecule has 1 N–H and O–H groups in total. The van der Waals surface area contributed by atoms with Gasteiger partial charge in [0.05, 0.1) is 17.9 Å². The lowest BCUT2D eigenvalue weighted by molar-refractivity contribution is -0.142. The number of carbonyl (C=O) groups is 1. The molecule has 5 nitrogen and oxygen atoms in total. The van der Waals surface area contributed by atoms with Gasteiger partial charge in [0.15, 0.2) is 9.84 Å². The molecular weight excluding hydrogens is 254 g/mol. The van der Waals surface area contributed by atoms with Crippen LogP contribution >= 0.6 is 0 Å². The Hall–Kier alpha value is -1.56. The highest BCUT2D eigenvalue weighted by atomic mass is 32.2. The van der Waals surface area contributed by atoms with Crippen molar-refractivity contribution < 1.29 is 17.9 Å². The first-order valence-corrected chi connectivity index (χ1v) is 7.52. The number of esters is 1. The maximum absolute atomic E-state index is 11.2. The van der Waals surface area contributed by atoms with E-state index >= 15 is 0 Å². The van der Waals surface area contributed by atoms with E-state index in [1.165, 1.54) is 12.1 Å². The Bertz CT molecular complexity index is 493. The molecule has 1 aromatic carbocycles. The van der Waals surface area contributed by atoms with Crippen molar-refractivity contribution >= 4 is 21.5 Å². The maximum atomic E-state index is 11.2. The molecule has 6 heteroatoms. The number of hydrogen-bond donors (Lipinski definition) is 1. The molecule has 0 saturated heterocycles. The van der Waals surface area contributed by atoms with Gasteiger partial charge in [0.1, 0.15) is 0 Å². The third-order valence-corrected chi connectivity index (χ3v) is 3.37. The van der Waals surface area contributed by atoms with E-state index in [4.69, 9.17) is 4.74 Å². The summed E-state index contributed by atoms with van der Waals surface area (Å²) in [6.07, 6.45) is 1.44. The third-order valence-electron chi connectivity index (χ3n) is 2.25. The average Bonchev–Trinajstić information content (AvgIpc) is 2.29. The summed E-state index contributed by atoms with van der Waals surface area (Å²) in [5.74, 6) is -0.252. The fraction of sp³-hybridized carbons (Fsp3) is 0.417. The van der Waals surface area contributed by atoms with Crippen molar-refractivity contribution in [2.45, 2.75) is 18.2 Å². The predicted molar refractivity (Wildman–Crippen MR) is 69.3 cm³/mol. The minimum absolute atomic E-state index is 0.252. The van der Waals surface area contributed by atoms with Gasteiger partial charge in [-0.15, -0.1) is 0 Å². The summed E-state index contributed by atoms with van der Waals surface area (Å²) in [6, 6.07) is 6.40. The standard InChI is InChI=1S/C12H17NO4S/c1-3-17-12(14)8-9-13-10-4-6-11(7-5-10)18(2,15)16/h4-7,13H,3,8-9H2,1-2H3. The molecule has 0 radical (unpaired) electrons. The number of ether oxygens (including phenoxy) is 1. The number of rotatable bonds is 6. The first-order chi connectivity index (χ1) is 8.43. The maximum Gasteiger partial charge on any atom is 0.307 e. The van der Waals surface area contributed by atoms with Crippen LogP contribution < -0.4 is 5.32 Å². The van der Waals surface area contributed by atoms with Crippen LogP contribution in [0, 0.1) is 0 Å². The van der Waals surface area contributed by atoms with Crippen LogP contribution in [0.15, 0.2) is 29.2 Å². The highest BCUT2D eigenvalue weighted by molar-refractivity contribution is 7.90. The van der Waals surface area contributed by atoms with Gasteiger partial charge in [0.2, 0.25) is 0 Å². The van der Waals surface area contributed by atoms with Crippen LogP contribution in [0.2, 0.25) is 0 Å². The molecule has 0 unspecified atom stereocenters. The zero-order valence-corrected chi connectivity index (χ0v) is 11.3. The van der Waals surface area contributed by atoms with E-state index in [2.05, 4.69) is 5.32 Å². The molecule has 0 fully saturated rings. The van der Waals surface area contributed by atoms with Gasteiger partial charge in [-0.05, 0) is 31.2 Å². The Morgan fingerprint density at radius 3 is 2.39 bits per heavy atom. The van der Waals surface area contributed by atoms with Gasteiger partial charge in [0, 0.05) is 18.5 Å². The van der Waals surface area contributed by atoms with E-state index in [9.17, 15) is 13.2 Å². The fourth-order valence-corrected chi connectivity index (χ4v) is 1.99. The van der Waals surface area contributed by atoms with Crippen molar-refractivity contribution in [3.63, 3.8) is 0 Å². The molecule has 0 saturated carbocycles. The number of hydrogen-bond acceptors (Lipinski definition) is 5. The van der Waals surface area contributed by atoms with Gasteiger partial charge in [-0.2, -0.15) is 0 Å². The highest BCUT2D eigenvalue weighted by Crippen LogP contribution is 2.13. The number of anilines is 1. The van der Waals surface area contributed by atoms with Crippen molar-refractivity contribution in [2.24, 2.45) is 0 Å². The zero-order chi connectivity index (χ0) is 13.6. The third kappa shape index (κ3) is 4.75. The first-order valence-electron chi connectivity index (χ1n) is 5.63. The van der Waals surface area contributed by atoms with Gasteiger partial charge in [-0.1, -0.05) is 0 Å². The molecular formula is C12H17NO4S. The van der Waals surface area contributed by atoms with Crippen LogP contribution in [0.5, 0.6) is 0 Å². The van der Waals surface area contributed by atoms with Crippen molar-refractivity contribution in [3.05, 3.63) is 24.3 Å². The molecule has 0 heterocycles. The number of nitrogens with one attached hydrogen (secondary N) is 1. The van der Waals surface area contributed by atoms with E-state index in [1.54, 1.807) is 19.1 Å². The summed E-state index contributed by atoms with van der Waals surface area (Å²) in [5, 5.41) is 3.02. The second kappa shape index (κ2) is 6.39. The largest absolute Gasteiger partial charge is 0.466 e. The number of sulfone groups is 1. The second-order valence-electron chi connectivity index (χ2n) is 3.78. The molecule has 0 amide bonds. The van der Waals surface area contributed by atoms with E-state index in [-0.39, 0.29) is 17.3 Å². The minimum Gasteiger partial charge on any atom is -0.466 e. The van der Waals surface area contributed by atoms with Gasteiger partial charge in [-0.3, -0.25) is 4.79 Å². The van der Waals surface area contributed by atoms with Gasteiger partial charge < -0.3 is 10.1 Å². The average molecular weight is 271 g/mol. The second-order valence-corrected chi connectivity index (χ2v) is 5.79. The summed E-state index contributed by atoms with van der Waals surface area (Å²) in [6.45, 7) is 2.59. The van der Waals surface area contributed by atoms with Crippen LogP contribution in [-0.4, -0.2) is 33.8 Å². The van der Waals surface area contributed by atoms with E-state index in [0.717, 1.165) is 11.9 Å². The molecule has 0 aliphatic rings. The van der Waals surface area contributed by atoms with Gasteiger partial charge in [0.25, 0.3) is 0 Å². The lowest BCUT2D eigenvalue weighted by atomic mass is 10.3. The van der Waals surface area contributed by atoms with Crippen molar-refractivity contribution in [1.29, 1.82) is 0 Å². The molecule has 0 aliphatic heterocycles. The number of benzene rings is 1. The molecule has 0 bridgehead atoms. The van der Waals surface area contributed by atoms with E-state index in [0.29, 0.717) is 13.2 Å². The summed E-state index contributed by atoms with van der Waals surface area (Å²) in [4.78, 5) is 11.4. The lowest BCUT2D eigenvalue weighted by Gasteiger charge is -2.06. The summed E-state index contributed by atoms with van der Waals surface area (Å²) < 4.78 is 27.3. The van der Waals surface area contributed by atoms with Gasteiger partial charge in [-0.25, -0.2) is 8.42 Å². The quantitative estimate of drug-likeness (QED) is 0.793. The normalized spacial score (nSPS) is 11.0. The first kappa shape index (κ1) is 14.5. The van der Waals surface area contributed by atoms with Crippen LogP contribution in [0.3, 0.4) is 0 Å². The summed E-state index contributed by atoms with van der Waals surface area (Å²) in [7, 11) is -3.16. The summed E-state index contributed by atoms with van der Waals surface area (Å²) in [5.41, 5.74) is 0.770. The molecule has 18 heavy (non-hydrogen) atoms. The van der Waals surface area contributed by atoms with Crippen molar-refractivity contribution in [2.75, 3.05) is 24.7 Å². The molecule has 0 atom stereocenters. The SMILES string of the molecule is CCOC(=O)CCNc1ccc(S(C)(=O)=O)cc1. The Kier molecular flexibility index (Phi) is 5.15. The predicted octanol–water partition coefficient (Wildman–Crippen LogP) is 1.46. The Balaban J connectivity index is 2.47. The lowest BCUT2D eigenvalue weighted by Crippen LogP contribution is -2.11.